The van der Waals surface area contributed by atoms with Crippen LogP contribution in [0.5, 0.6) is 0 Å². The van der Waals surface area contributed by atoms with Crippen LogP contribution in [0.25, 0.3) is 0 Å². The summed E-state index contributed by atoms with van der Waals surface area (Å²) in [6.45, 7) is 1.67. The zero-order valence-corrected chi connectivity index (χ0v) is 11.9. The lowest BCUT2D eigenvalue weighted by molar-refractivity contribution is -0.144. The second-order valence-electron chi connectivity index (χ2n) is 6.19. The average molecular weight is 273 g/mol. The van der Waals surface area contributed by atoms with Crippen molar-refractivity contribution in [2.75, 3.05) is 6.54 Å². The van der Waals surface area contributed by atoms with Crippen molar-refractivity contribution in [1.82, 2.24) is 4.90 Å². The molecule has 1 heterocycles. The Morgan fingerprint density at radius 3 is 2.45 bits per heavy atom. The first-order chi connectivity index (χ1) is 9.74. The van der Waals surface area contributed by atoms with Gasteiger partial charge in [0.2, 0.25) is 0 Å². The van der Waals surface area contributed by atoms with E-state index < -0.39 is 5.97 Å². The lowest BCUT2D eigenvalue weighted by atomic mass is 9.80. The number of nitrogens with zero attached hydrogens (tertiary/aromatic N) is 1. The molecule has 1 saturated heterocycles. The lowest BCUT2D eigenvalue weighted by Gasteiger charge is -2.33. The van der Waals surface area contributed by atoms with Crippen LogP contribution in [-0.4, -0.2) is 28.6 Å². The molecule has 0 bridgehead atoms. The number of carboxylic acid groups (broad SMARTS) is 1. The summed E-state index contributed by atoms with van der Waals surface area (Å²) in [4.78, 5) is 13.4. The molecule has 0 radical (unpaired) electrons. The normalized spacial score (nSPS) is 24.3. The molecule has 1 aliphatic heterocycles. The Bertz CT molecular complexity index is 464. The van der Waals surface area contributed by atoms with Gasteiger partial charge in [0.15, 0.2) is 0 Å². The number of likely N-dealkylation sites (tertiary alicyclic amines) is 1. The lowest BCUT2D eigenvalue weighted by Crippen LogP contribution is -2.43. The molecule has 3 nitrogen and oxygen atoms in total. The third-order valence-electron chi connectivity index (χ3n) is 4.84. The van der Waals surface area contributed by atoms with E-state index in [4.69, 9.17) is 0 Å². The smallest absolute Gasteiger partial charge is 0.320 e. The molecule has 1 aromatic carbocycles. The predicted octanol–water partition coefficient (Wildman–Crippen LogP) is 3.39. The van der Waals surface area contributed by atoms with Crippen LogP contribution in [0.2, 0.25) is 0 Å². The van der Waals surface area contributed by atoms with Crippen molar-refractivity contribution in [1.29, 1.82) is 0 Å². The van der Waals surface area contributed by atoms with Gasteiger partial charge >= 0.3 is 5.97 Å². The zero-order valence-electron chi connectivity index (χ0n) is 11.9. The van der Waals surface area contributed by atoms with E-state index in [-0.39, 0.29) is 6.04 Å². The summed E-state index contributed by atoms with van der Waals surface area (Å²) in [5.41, 5.74) is 2.69. The number of rotatable bonds is 4. The van der Waals surface area contributed by atoms with E-state index in [2.05, 4.69) is 29.2 Å². The van der Waals surface area contributed by atoms with Crippen molar-refractivity contribution in [3.05, 3.63) is 35.4 Å². The van der Waals surface area contributed by atoms with Gasteiger partial charge in [0, 0.05) is 6.54 Å². The number of benzene rings is 1. The van der Waals surface area contributed by atoms with Gasteiger partial charge in [-0.2, -0.15) is 0 Å². The van der Waals surface area contributed by atoms with Gasteiger partial charge in [-0.25, -0.2) is 0 Å². The molecule has 0 aromatic heterocycles. The molecule has 3 rings (SSSR count). The largest absolute Gasteiger partial charge is 0.480 e. The van der Waals surface area contributed by atoms with Crippen molar-refractivity contribution in [3.8, 4) is 0 Å². The van der Waals surface area contributed by atoms with E-state index in [1.54, 1.807) is 0 Å². The molecule has 1 saturated carbocycles. The Balaban J connectivity index is 1.65. The van der Waals surface area contributed by atoms with Crippen LogP contribution >= 0.6 is 0 Å². The standard InChI is InChI=1S/C17H23NO2/c19-17(20)16-6-1-2-11-18(16)12-13-7-9-15(10-8-13)14-4-3-5-14/h7-10,14,16H,1-6,11-12H2,(H,19,20). The first-order valence-corrected chi connectivity index (χ1v) is 7.80. The SMILES string of the molecule is O=C(O)C1CCCCN1Cc1ccc(C2CCC2)cc1. The van der Waals surface area contributed by atoms with Crippen LogP contribution in [-0.2, 0) is 11.3 Å². The number of hydrogen-bond donors (Lipinski definition) is 1. The van der Waals surface area contributed by atoms with Gasteiger partial charge in [0.25, 0.3) is 0 Å². The molecule has 3 heteroatoms. The summed E-state index contributed by atoms with van der Waals surface area (Å²) < 4.78 is 0. The molecule has 1 aromatic rings. The maximum atomic E-state index is 11.3. The third-order valence-corrected chi connectivity index (χ3v) is 4.84. The highest BCUT2D eigenvalue weighted by Crippen LogP contribution is 2.36. The fourth-order valence-corrected chi connectivity index (χ4v) is 3.33. The number of carboxylic acids is 1. The van der Waals surface area contributed by atoms with Crippen LogP contribution in [0, 0.1) is 0 Å². The predicted molar refractivity (Wildman–Crippen MR) is 78.7 cm³/mol. The minimum Gasteiger partial charge on any atom is -0.480 e. The Morgan fingerprint density at radius 2 is 1.85 bits per heavy atom. The van der Waals surface area contributed by atoms with Crippen molar-refractivity contribution in [2.24, 2.45) is 0 Å². The van der Waals surface area contributed by atoms with Crippen molar-refractivity contribution < 1.29 is 9.90 Å². The number of carbonyl (C=O) groups is 1. The number of hydrogen-bond acceptors (Lipinski definition) is 2. The van der Waals surface area contributed by atoms with E-state index in [0.29, 0.717) is 0 Å². The van der Waals surface area contributed by atoms with E-state index >= 15 is 0 Å². The number of aliphatic carboxylic acids is 1. The highest BCUT2D eigenvalue weighted by atomic mass is 16.4. The van der Waals surface area contributed by atoms with Crippen LogP contribution in [0.1, 0.15) is 55.6 Å². The maximum absolute atomic E-state index is 11.3. The van der Waals surface area contributed by atoms with Crippen molar-refractivity contribution in [3.63, 3.8) is 0 Å². The van der Waals surface area contributed by atoms with Crippen molar-refractivity contribution in [2.45, 2.75) is 57.0 Å². The van der Waals surface area contributed by atoms with E-state index in [0.717, 1.165) is 38.3 Å². The second-order valence-corrected chi connectivity index (χ2v) is 6.19. The molecule has 0 spiro atoms. The van der Waals surface area contributed by atoms with E-state index in [1.807, 2.05) is 0 Å². The van der Waals surface area contributed by atoms with Crippen LogP contribution < -0.4 is 0 Å². The van der Waals surface area contributed by atoms with Gasteiger partial charge in [-0.1, -0.05) is 37.1 Å². The van der Waals surface area contributed by atoms with Gasteiger partial charge in [0.1, 0.15) is 6.04 Å². The summed E-state index contributed by atoms with van der Waals surface area (Å²) >= 11 is 0. The minimum atomic E-state index is -0.671. The molecule has 0 amide bonds. The quantitative estimate of drug-likeness (QED) is 0.914. The Kier molecular flexibility index (Phi) is 4.06. The first-order valence-electron chi connectivity index (χ1n) is 7.80. The summed E-state index contributed by atoms with van der Waals surface area (Å²) in [5.74, 6) is 0.0987. The topological polar surface area (TPSA) is 40.5 Å². The molecule has 2 fully saturated rings. The third kappa shape index (κ3) is 2.88. The molecule has 2 aliphatic rings. The van der Waals surface area contributed by atoms with Crippen LogP contribution in [0.4, 0.5) is 0 Å². The highest BCUT2D eigenvalue weighted by Gasteiger charge is 2.28. The summed E-state index contributed by atoms with van der Waals surface area (Å²) in [6.07, 6.45) is 6.95. The molecule has 1 unspecified atom stereocenters. The Morgan fingerprint density at radius 1 is 1.10 bits per heavy atom. The van der Waals surface area contributed by atoms with E-state index in [9.17, 15) is 9.90 Å². The van der Waals surface area contributed by atoms with Crippen LogP contribution in [0.3, 0.4) is 0 Å². The monoisotopic (exact) mass is 273 g/mol. The van der Waals surface area contributed by atoms with Crippen molar-refractivity contribution >= 4 is 5.97 Å². The summed E-state index contributed by atoms with van der Waals surface area (Å²) in [7, 11) is 0. The van der Waals surface area contributed by atoms with Gasteiger partial charge in [0.05, 0.1) is 0 Å². The van der Waals surface area contributed by atoms with Crippen LogP contribution in [0.15, 0.2) is 24.3 Å². The molecular formula is C17H23NO2. The Hall–Kier alpha value is -1.35. The summed E-state index contributed by atoms with van der Waals surface area (Å²) in [6, 6.07) is 8.54. The Labute approximate surface area is 120 Å². The average Bonchev–Trinajstić information content (AvgIpc) is 2.39. The molecular weight excluding hydrogens is 250 g/mol. The molecule has 1 N–H and O–H groups in total. The zero-order chi connectivity index (χ0) is 13.9. The maximum Gasteiger partial charge on any atom is 0.320 e. The molecule has 1 aliphatic carbocycles. The molecule has 1 atom stereocenters. The van der Waals surface area contributed by atoms with Gasteiger partial charge < -0.3 is 5.11 Å². The first kappa shape index (κ1) is 13.6. The fraction of sp³-hybridized carbons (Fsp3) is 0.588. The highest BCUT2D eigenvalue weighted by molar-refractivity contribution is 5.73. The molecule has 20 heavy (non-hydrogen) atoms. The van der Waals surface area contributed by atoms with E-state index in [1.165, 1.54) is 30.4 Å². The van der Waals surface area contributed by atoms with Gasteiger partial charge in [-0.15, -0.1) is 0 Å². The second kappa shape index (κ2) is 5.96. The van der Waals surface area contributed by atoms with Gasteiger partial charge in [-0.3, -0.25) is 9.69 Å². The minimum absolute atomic E-state index is 0.296. The summed E-state index contributed by atoms with van der Waals surface area (Å²) in [5, 5.41) is 9.30. The number of piperidine rings is 1. The van der Waals surface area contributed by atoms with Gasteiger partial charge in [-0.05, 0) is 49.3 Å². The molecule has 108 valence electrons. The fourth-order valence-electron chi connectivity index (χ4n) is 3.33.